The fraction of sp³-hybridized carbons (Fsp3) is 0.0667. The topological polar surface area (TPSA) is 64.4 Å². The van der Waals surface area contributed by atoms with Gasteiger partial charge in [0.15, 0.2) is 0 Å². The fourth-order valence-electron chi connectivity index (χ4n) is 2.04. The van der Waals surface area contributed by atoms with E-state index in [4.69, 9.17) is 4.74 Å². The molecule has 0 amide bonds. The number of nitrogens with zero attached hydrogens (tertiary/aromatic N) is 1. The lowest BCUT2D eigenvalue weighted by molar-refractivity contribution is -0.385. The minimum atomic E-state index is -0.383. The van der Waals surface area contributed by atoms with Crippen molar-refractivity contribution in [3.8, 4) is 5.75 Å². The second-order valence-electron chi connectivity index (χ2n) is 4.50. The van der Waals surface area contributed by atoms with Gasteiger partial charge in [-0.2, -0.15) is 0 Å². The highest BCUT2D eigenvalue weighted by molar-refractivity contribution is 14.1. The Hall–Kier alpha value is -1.74. The van der Waals surface area contributed by atoms with Crippen LogP contribution in [0.5, 0.6) is 5.75 Å². The van der Waals surface area contributed by atoms with Gasteiger partial charge >= 0.3 is 0 Å². The quantitative estimate of drug-likeness (QED) is 0.356. The Labute approximate surface area is 145 Å². The Balaban J connectivity index is 1.86. The van der Waals surface area contributed by atoms with Crippen molar-refractivity contribution in [3.05, 3.63) is 56.7 Å². The van der Waals surface area contributed by atoms with Crippen LogP contribution in [0.1, 0.15) is 0 Å². The zero-order valence-corrected chi connectivity index (χ0v) is 14.3. The van der Waals surface area contributed by atoms with Crippen molar-refractivity contribution >= 4 is 51.4 Å². The average Bonchev–Trinajstić information content (AvgIpc) is 2.52. The molecule has 0 spiro atoms. The fourth-order valence-corrected chi connectivity index (χ4v) is 3.29. The number of non-ortho nitro benzene ring substituents is 1. The summed E-state index contributed by atoms with van der Waals surface area (Å²) in [6, 6.07) is 10.6. The smallest absolute Gasteiger partial charge is 0.270 e. The van der Waals surface area contributed by atoms with E-state index in [1.165, 1.54) is 17.8 Å². The predicted molar refractivity (Wildman–Crippen MR) is 95.6 cm³/mol. The maximum absolute atomic E-state index is 10.9. The molecule has 1 heterocycles. The van der Waals surface area contributed by atoms with Crippen LogP contribution in [0.4, 0.5) is 17.1 Å². The van der Waals surface area contributed by atoms with Gasteiger partial charge in [0, 0.05) is 21.9 Å². The maximum atomic E-state index is 10.9. The van der Waals surface area contributed by atoms with Crippen LogP contribution in [0.3, 0.4) is 0 Å². The van der Waals surface area contributed by atoms with E-state index in [0.717, 1.165) is 26.9 Å². The lowest BCUT2D eigenvalue weighted by Crippen LogP contribution is -2.01. The van der Waals surface area contributed by atoms with Crippen LogP contribution >= 0.6 is 34.4 Å². The molecule has 3 rings (SSSR count). The van der Waals surface area contributed by atoms with Crippen molar-refractivity contribution in [2.75, 3.05) is 11.9 Å². The molecular formula is C15H11IN2O3S. The number of rotatable bonds is 4. The molecule has 112 valence electrons. The first-order valence-corrected chi connectivity index (χ1v) is 8.49. The van der Waals surface area contributed by atoms with Crippen LogP contribution in [0.2, 0.25) is 0 Å². The number of fused-ring (bicyclic) bond motifs is 2. The third kappa shape index (κ3) is 3.20. The molecule has 1 aliphatic rings. The van der Waals surface area contributed by atoms with Crippen molar-refractivity contribution in [2.45, 2.75) is 9.79 Å². The summed E-state index contributed by atoms with van der Waals surface area (Å²) in [6.45, 7) is 0.516. The molecule has 5 nitrogen and oxygen atoms in total. The van der Waals surface area contributed by atoms with Gasteiger partial charge in [-0.3, -0.25) is 10.1 Å². The average molecular weight is 426 g/mol. The molecule has 22 heavy (non-hydrogen) atoms. The standard InChI is InChI=1S/C15H11IN2O3S/c16-6-1-7-21-11-3-5-13-15(9-11)22-14-8-10(18(19)20)2-4-12(14)17-13/h1-6,8-9,17H,7H2. The maximum Gasteiger partial charge on any atom is 0.270 e. The molecule has 2 aromatic rings. The number of nitro groups is 1. The zero-order valence-electron chi connectivity index (χ0n) is 11.3. The summed E-state index contributed by atoms with van der Waals surface area (Å²) in [7, 11) is 0. The monoisotopic (exact) mass is 426 g/mol. The van der Waals surface area contributed by atoms with Crippen LogP contribution in [0, 0.1) is 10.1 Å². The number of anilines is 2. The van der Waals surface area contributed by atoms with E-state index < -0.39 is 0 Å². The largest absolute Gasteiger partial charge is 0.489 e. The van der Waals surface area contributed by atoms with Crippen molar-refractivity contribution < 1.29 is 9.66 Å². The Morgan fingerprint density at radius 2 is 1.95 bits per heavy atom. The first-order valence-electron chi connectivity index (χ1n) is 6.43. The van der Waals surface area contributed by atoms with Gasteiger partial charge in [0.1, 0.15) is 12.4 Å². The van der Waals surface area contributed by atoms with Gasteiger partial charge in [0.05, 0.1) is 16.3 Å². The van der Waals surface area contributed by atoms with Gasteiger partial charge in [0.2, 0.25) is 0 Å². The Bertz CT molecular complexity index is 764. The van der Waals surface area contributed by atoms with Crippen molar-refractivity contribution in [1.29, 1.82) is 0 Å². The SMILES string of the molecule is O=[N+]([O-])c1ccc2c(c1)Sc1cc(OCC=CI)ccc1N2. The third-order valence-electron chi connectivity index (χ3n) is 3.05. The van der Waals surface area contributed by atoms with Crippen LogP contribution in [0.25, 0.3) is 0 Å². The summed E-state index contributed by atoms with van der Waals surface area (Å²) in [4.78, 5) is 12.3. The highest BCUT2D eigenvalue weighted by atomic mass is 127. The van der Waals surface area contributed by atoms with Crippen molar-refractivity contribution in [1.82, 2.24) is 0 Å². The molecule has 0 bridgehead atoms. The molecule has 0 atom stereocenters. The first kappa shape index (κ1) is 15.2. The molecule has 0 radical (unpaired) electrons. The summed E-state index contributed by atoms with van der Waals surface area (Å²) in [5.74, 6) is 0.774. The third-order valence-corrected chi connectivity index (χ3v) is 4.68. The summed E-state index contributed by atoms with van der Waals surface area (Å²) >= 11 is 3.64. The Morgan fingerprint density at radius 1 is 1.23 bits per heavy atom. The summed E-state index contributed by atoms with van der Waals surface area (Å²) < 4.78 is 7.53. The van der Waals surface area contributed by atoms with Crippen LogP contribution in [-0.2, 0) is 0 Å². The number of benzene rings is 2. The van der Waals surface area contributed by atoms with E-state index in [2.05, 4.69) is 27.9 Å². The highest BCUT2D eigenvalue weighted by Crippen LogP contribution is 2.46. The van der Waals surface area contributed by atoms with E-state index >= 15 is 0 Å². The van der Waals surface area contributed by atoms with Crippen molar-refractivity contribution in [3.63, 3.8) is 0 Å². The minimum Gasteiger partial charge on any atom is -0.489 e. The van der Waals surface area contributed by atoms with Gasteiger partial charge in [0.25, 0.3) is 5.69 Å². The van der Waals surface area contributed by atoms with Crippen LogP contribution in [0.15, 0.2) is 56.3 Å². The highest BCUT2D eigenvalue weighted by Gasteiger charge is 2.19. The normalized spacial score (nSPS) is 12.4. The number of hydrogen-bond donors (Lipinski definition) is 1. The number of hydrogen-bond acceptors (Lipinski definition) is 5. The molecule has 2 aromatic carbocycles. The second kappa shape index (κ2) is 6.57. The van der Waals surface area contributed by atoms with Gasteiger partial charge in [-0.1, -0.05) is 34.4 Å². The van der Waals surface area contributed by atoms with Crippen LogP contribution < -0.4 is 10.1 Å². The molecular weight excluding hydrogens is 415 g/mol. The summed E-state index contributed by atoms with van der Waals surface area (Å²) in [6.07, 6.45) is 1.92. The van der Waals surface area contributed by atoms with E-state index in [9.17, 15) is 10.1 Å². The number of halogens is 1. The van der Waals surface area contributed by atoms with Crippen molar-refractivity contribution in [2.24, 2.45) is 0 Å². The van der Waals surface area contributed by atoms with E-state index in [-0.39, 0.29) is 10.6 Å². The van der Waals surface area contributed by atoms with E-state index in [1.807, 2.05) is 28.4 Å². The molecule has 0 unspecified atom stereocenters. The molecule has 7 heteroatoms. The first-order chi connectivity index (χ1) is 10.7. The summed E-state index contributed by atoms with van der Waals surface area (Å²) in [5.41, 5.74) is 1.95. The zero-order chi connectivity index (χ0) is 15.5. The molecule has 0 aromatic heterocycles. The van der Waals surface area contributed by atoms with Gasteiger partial charge in [-0.25, -0.2) is 0 Å². The predicted octanol–water partition coefficient (Wildman–Crippen LogP) is 5.13. The van der Waals surface area contributed by atoms with E-state index in [1.54, 1.807) is 12.1 Å². The number of ether oxygens (including phenoxy) is 1. The number of nitrogens with one attached hydrogen (secondary N) is 1. The van der Waals surface area contributed by atoms with Crippen LogP contribution in [-0.4, -0.2) is 11.5 Å². The molecule has 0 saturated heterocycles. The lowest BCUT2D eigenvalue weighted by atomic mass is 10.2. The number of nitro benzene ring substituents is 1. The minimum absolute atomic E-state index is 0.0936. The lowest BCUT2D eigenvalue weighted by Gasteiger charge is -2.21. The molecule has 0 saturated carbocycles. The Morgan fingerprint density at radius 3 is 2.68 bits per heavy atom. The Kier molecular flexibility index (Phi) is 4.53. The molecule has 1 N–H and O–H groups in total. The second-order valence-corrected chi connectivity index (χ2v) is 6.30. The summed E-state index contributed by atoms with van der Waals surface area (Å²) in [5, 5.41) is 14.2. The van der Waals surface area contributed by atoms with E-state index in [0.29, 0.717) is 6.61 Å². The van der Waals surface area contributed by atoms with Gasteiger partial charge in [-0.15, -0.1) is 0 Å². The molecule has 0 aliphatic carbocycles. The molecule has 1 aliphatic heterocycles. The molecule has 0 fully saturated rings. The van der Waals surface area contributed by atoms with Gasteiger partial charge in [-0.05, 0) is 34.4 Å². The van der Waals surface area contributed by atoms with Gasteiger partial charge < -0.3 is 10.1 Å².